The zero-order valence-electron chi connectivity index (χ0n) is 18.1. The third-order valence-electron chi connectivity index (χ3n) is 6.18. The number of carbonyl (C=O) groups is 2. The van der Waals surface area contributed by atoms with Crippen LogP contribution in [0.25, 0.3) is 0 Å². The molecule has 2 amide bonds. The fourth-order valence-corrected chi connectivity index (χ4v) is 4.65. The van der Waals surface area contributed by atoms with Crippen molar-refractivity contribution >= 4 is 11.8 Å². The molecule has 0 spiro atoms. The number of piperidine rings is 1. The van der Waals surface area contributed by atoms with E-state index in [0.717, 1.165) is 51.4 Å². The Morgan fingerprint density at radius 2 is 1.72 bits per heavy atom. The Balaban J connectivity index is 1.95. The van der Waals surface area contributed by atoms with E-state index in [0.29, 0.717) is 19.0 Å². The fraction of sp³-hybridized carbons (Fsp3) is 0.696. The highest BCUT2D eigenvalue weighted by atomic mass is 16.2. The Morgan fingerprint density at radius 3 is 2.38 bits per heavy atom. The lowest BCUT2D eigenvalue weighted by molar-refractivity contribution is 0.0605. The number of hydrogen-bond acceptors (Lipinski definition) is 3. The van der Waals surface area contributed by atoms with Crippen molar-refractivity contribution in [1.82, 2.24) is 14.8 Å². The first-order valence-electron chi connectivity index (χ1n) is 11.3. The van der Waals surface area contributed by atoms with E-state index in [4.69, 9.17) is 0 Å². The topological polar surface area (TPSA) is 71.4 Å². The quantitative estimate of drug-likeness (QED) is 0.792. The second-order valence-corrected chi connectivity index (χ2v) is 9.02. The Hall–Kier alpha value is -2.11. The fourth-order valence-electron chi connectivity index (χ4n) is 4.65. The average molecular weight is 402 g/mol. The minimum absolute atomic E-state index is 0.0912. The summed E-state index contributed by atoms with van der Waals surface area (Å²) < 4.78 is 1.84. The summed E-state index contributed by atoms with van der Waals surface area (Å²) in [5.74, 6) is -0.237. The monoisotopic (exact) mass is 401 g/mol. The summed E-state index contributed by atoms with van der Waals surface area (Å²) in [6.07, 6.45) is 11.3. The molecule has 1 atom stereocenters. The predicted octanol–water partition coefficient (Wildman–Crippen LogP) is 3.58. The van der Waals surface area contributed by atoms with Crippen LogP contribution in [-0.4, -0.2) is 39.9 Å². The van der Waals surface area contributed by atoms with Gasteiger partial charge in [-0.3, -0.25) is 14.4 Å². The molecular weight excluding hydrogens is 366 g/mol. The van der Waals surface area contributed by atoms with E-state index in [1.807, 2.05) is 9.47 Å². The molecule has 1 aliphatic carbocycles. The van der Waals surface area contributed by atoms with Crippen LogP contribution in [-0.2, 0) is 6.54 Å². The third-order valence-corrected chi connectivity index (χ3v) is 6.18. The van der Waals surface area contributed by atoms with Crippen molar-refractivity contribution in [2.45, 2.75) is 90.8 Å². The summed E-state index contributed by atoms with van der Waals surface area (Å²) in [4.78, 5) is 41.2. The van der Waals surface area contributed by atoms with Crippen LogP contribution in [0.3, 0.4) is 0 Å². The second kappa shape index (κ2) is 9.59. The van der Waals surface area contributed by atoms with Crippen molar-refractivity contribution in [3.05, 3.63) is 33.7 Å². The number of aromatic nitrogens is 1. The standard InChI is InChI=1S/C23H35N3O3/c1-4-18-11-7-8-12-26(18)23(29)20-15-25(13-16(2)3)14-19(21(20)27)22(28)24-17-9-5-6-10-17/h14-18H,4-13H2,1-3H3,(H,24,28)/t18-/m1/s1. The van der Waals surface area contributed by atoms with Gasteiger partial charge < -0.3 is 14.8 Å². The largest absolute Gasteiger partial charge is 0.352 e. The van der Waals surface area contributed by atoms with Gasteiger partial charge in [0.05, 0.1) is 0 Å². The summed E-state index contributed by atoms with van der Waals surface area (Å²) in [5.41, 5.74) is -0.218. The molecule has 2 fully saturated rings. The van der Waals surface area contributed by atoms with Gasteiger partial charge >= 0.3 is 0 Å². The van der Waals surface area contributed by atoms with E-state index in [-0.39, 0.29) is 35.0 Å². The highest BCUT2D eigenvalue weighted by Gasteiger charge is 2.30. The number of hydrogen-bond donors (Lipinski definition) is 1. The van der Waals surface area contributed by atoms with Crippen LogP contribution in [0.5, 0.6) is 0 Å². The van der Waals surface area contributed by atoms with Crippen LogP contribution in [0.4, 0.5) is 0 Å². The SMILES string of the molecule is CC[C@@H]1CCCCN1C(=O)c1cn(CC(C)C)cc(C(=O)NC2CCCC2)c1=O. The van der Waals surface area contributed by atoms with Gasteiger partial charge in [0.1, 0.15) is 11.1 Å². The molecular formula is C23H35N3O3. The molecule has 1 saturated heterocycles. The average Bonchev–Trinajstić information content (AvgIpc) is 3.21. The van der Waals surface area contributed by atoms with E-state index in [1.54, 1.807) is 12.4 Å². The highest BCUT2D eigenvalue weighted by molar-refractivity contribution is 5.99. The normalized spacial score (nSPS) is 20.3. The molecule has 2 heterocycles. The van der Waals surface area contributed by atoms with Crippen LogP contribution in [0.1, 0.15) is 92.9 Å². The Kier molecular flexibility index (Phi) is 7.14. The number of rotatable bonds is 6. The van der Waals surface area contributed by atoms with E-state index in [9.17, 15) is 14.4 Å². The maximum Gasteiger partial charge on any atom is 0.259 e. The molecule has 1 N–H and O–H groups in total. The molecule has 2 aliphatic rings. The van der Waals surface area contributed by atoms with Crippen LogP contribution >= 0.6 is 0 Å². The zero-order chi connectivity index (χ0) is 21.0. The third kappa shape index (κ3) is 5.09. The predicted molar refractivity (Wildman–Crippen MR) is 114 cm³/mol. The minimum Gasteiger partial charge on any atom is -0.352 e. The van der Waals surface area contributed by atoms with Crippen molar-refractivity contribution in [2.75, 3.05) is 6.54 Å². The van der Waals surface area contributed by atoms with Gasteiger partial charge in [0.15, 0.2) is 0 Å². The molecule has 3 rings (SSSR count). The van der Waals surface area contributed by atoms with E-state index >= 15 is 0 Å². The van der Waals surface area contributed by atoms with Crippen molar-refractivity contribution in [1.29, 1.82) is 0 Å². The lowest BCUT2D eigenvalue weighted by atomic mass is 9.98. The van der Waals surface area contributed by atoms with Crippen molar-refractivity contribution in [3.63, 3.8) is 0 Å². The first-order chi connectivity index (χ1) is 13.9. The summed E-state index contributed by atoms with van der Waals surface area (Å²) in [6.45, 7) is 7.57. The smallest absolute Gasteiger partial charge is 0.259 e. The van der Waals surface area contributed by atoms with Crippen molar-refractivity contribution in [2.24, 2.45) is 5.92 Å². The Labute approximate surface area is 173 Å². The summed E-state index contributed by atoms with van der Waals surface area (Å²) in [6, 6.07) is 0.302. The molecule has 160 valence electrons. The van der Waals surface area contributed by atoms with Gasteiger partial charge in [-0.2, -0.15) is 0 Å². The zero-order valence-corrected chi connectivity index (χ0v) is 18.1. The molecule has 1 saturated carbocycles. The highest BCUT2D eigenvalue weighted by Crippen LogP contribution is 2.22. The number of amides is 2. The molecule has 0 aromatic carbocycles. The van der Waals surface area contributed by atoms with Crippen molar-refractivity contribution < 1.29 is 9.59 Å². The van der Waals surface area contributed by atoms with Gasteiger partial charge in [0.2, 0.25) is 5.43 Å². The van der Waals surface area contributed by atoms with Crippen LogP contribution in [0.15, 0.2) is 17.2 Å². The van der Waals surface area contributed by atoms with Crippen LogP contribution < -0.4 is 10.7 Å². The van der Waals surface area contributed by atoms with E-state index in [1.165, 1.54) is 0 Å². The van der Waals surface area contributed by atoms with Crippen molar-refractivity contribution in [3.8, 4) is 0 Å². The molecule has 6 heteroatoms. The summed E-state index contributed by atoms with van der Waals surface area (Å²) in [7, 11) is 0. The minimum atomic E-state index is -0.439. The number of carbonyl (C=O) groups excluding carboxylic acids is 2. The maximum atomic E-state index is 13.3. The molecule has 1 aromatic rings. The first-order valence-corrected chi connectivity index (χ1v) is 11.3. The molecule has 1 aliphatic heterocycles. The van der Waals surface area contributed by atoms with Gasteiger partial charge in [-0.05, 0) is 44.4 Å². The maximum absolute atomic E-state index is 13.3. The summed E-state index contributed by atoms with van der Waals surface area (Å²) >= 11 is 0. The van der Waals surface area contributed by atoms with Gasteiger partial charge in [-0.25, -0.2) is 0 Å². The number of pyridine rings is 1. The molecule has 1 aromatic heterocycles. The Bertz CT molecular complexity index is 793. The molecule has 29 heavy (non-hydrogen) atoms. The first kappa shape index (κ1) is 21.6. The van der Waals surface area contributed by atoms with Gasteiger partial charge in [-0.1, -0.05) is 33.6 Å². The Morgan fingerprint density at radius 1 is 1.07 bits per heavy atom. The van der Waals surface area contributed by atoms with Gasteiger partial charge in [-0.15, -0.1) is 0 Å². The number of likely N-dealkylation sites (tertiary alicyclic amines) is 1. The lowest BCUT2D eigenvalue weighted by Crippen LogP contribution is -2.46. The van der Waals surface area contributed by atoms with Crippen LogP contribution in [0.2, 0.25) is 0 Å². The van der Waals surface area contributed by atoms with Crippen LogP contribution in [0, 0.1) is 5.92 Å². The summed E-state index contributed by atoms with van der Waals surface area (Å²) in [5, 5.41) is 3.00. The lowest BCUT2D eigenvalue weighted by Gasteiger charge is -2.35. The molecule has 0 unspecified atom stereocenters. The molecule has 0 bridgehead atoms. The van der Waals surface area contributed by atoms with E-state index in [2.05, 4.69) is 26.1 Å². The molecule has 0 radical (unpaired) electrons. The van der Waals surface area contributed by atoms with Gasteiger partial charge in [0.25, 0.3) is 11.8 Å². The number of nitrogens with one attached hydrogen (secondary N) is 1. The van der Waals surface area contributed by atoms with Gasteiger partial charge in [0, 0.05) is 37.6 Å². The molecule has 6 nitrogen and oxygen atoms in total. The second-order valence-electron chi connectivity index (χ2n) is 9.02. The van der Waals surface area contributed by atoms with E-state index < -0.39 is 5.43 Å². The number of nitrogens with zero attached hydrogens (tertiary/aromatic N) is 2.